The van der Waals surface area contributed by atoms with Gasteiger partial charge in [-0.25, -0.2) is 4.68 Å². The topological polar surface area (TPSA) is 39.1 Å². The van der Waals surface area contributed by atoms with Crippen LogP contribution in [0.4, 0.5) is 5.69 Å². The Morgan fingerprint density at radius 2 is 2.32 bits per heavy atom. The molecule has 1 aromatic heterocycles. The molecule has 1 saturated heterocycles. The van der Waals surface area contributed by atoms with Gasteiger partial charge in [0.25, 0.3) is 0 Å². The maximum Gasteiger partial charge on any atom is 0.0751 e. The number of hydrogen-bond acceptors (Lipinski definition) is 3. The van der Waals surface area contributed by atoms with E-state index >= 15 is 0 Å². The highest BCUT2D eigenvalue weighted by atomic mass is 16.5. The fraction of sp³-hybridized carbons (Fsp3) is 0.400. The zero-order chi connectivity index (χ0) is 13.1. The summed E-state index contributed by atoms with van der Waals surface area (Å²) in [4.78, 5) is 0. The Labute approximate surface area is 113 Å². The average molecular weight is 257 g/mol. The summed E-state index contributed by atoms with van der Waals surface area (Å²) < 4.78 is 7.67. The molecule has 4 heteroatoms. The summed E-state index contributed by atoms with van der Waals surface area (Å²) in [5.74, 6) is 0. The number of ether oxygens (including phenoxy) is 1. The van der Waals surface area contributed by atoms with Crippen LogP contribution in [0, 0.1) is 0 Å². The first-order chi connectivity index (χ1) is 9.31. The van der Waals surface area contributed by atoms with Crippen LogP contribution in [-0.2, 0) is 4.74 Å². The number of anilines is 1. The van der Waals surface area contributed by atoms with Gasteiger partial charge < -0.3 is 10.1 Å². The number of hydrogen-bond donors (Lipinski definition) is 1. The Hall–Kier alpha value is -1.81. The van der Waals surface area contributed by atoms with E-state index in [0.29, 0.717) is 12.2 Å². The standard InChI is InChI=1S/C15H19N3O/c1-12-6-7-15(19-12)11-16-13-4-2-5-14(10-13)18-9-3-8-17-18/h2-5,8-10,12,15-16H,6-7,11H2,1H3. The molecule has 0 radical (unpaired) electrons. The lowest BCUT2D eigenvalue weighted by atomic mass is 10.2. The van der Waals surface area contributed by atoms with E-state index in [0.717, 1.165) is 24.3 Å². The van der Waals surface area contributed by atoms with Crippen LogP contribution in [0.2, 0.25) is 0 Å². The number of nitrogens with one attached hydrogen (secondary N) is 1. The van der Waals surface area contributed by atoms with Gasteiger partial charge in [-0.3, -0.25) is 0 Å². The van der Waals surface area contributed by atoms with Gasteiger partial charge in [0.05, 0.1) is 17.9 Å². The summed E-state index contributed by atoms with van der Waals surface area (Å²) in [7, 11) is 0. The van der Waals surface area contributed by atoms with Crippen LogP contribution in [0.1, 0.15) is 19.8 Å². The first-order valence-electron chi connectivity index (χ1n) is 6.81. The average Bonchev–Trinajstić information content (AvgIpc) is 3.08. The van der Waals surface area contributed by atoms with Crippen LogP contribution in [0.5, 0.6) is 0 Å². The molecule has 100 valence electrons. The van der Waals surface area contributed by atoms with Crippen LogP contribution in [0.15, 0.2) is 42.7 Å². The van der Waals surface area contributed by atoms with Crippen molar-refractivity contribution in [3.63, 3.8) is 0 Å². The van der Waals surface area contributed by atoms with E-state index in [9.17, 15) is 0 Å². The van der Waals surface area contributed by atoms with E-state index in [1.165, 1.54) is 6.42 Å². The summed E-state index contributed by atoms with van der Waals surface area (Å²) in [6.45, 7) is 3.01. The van der Waals surface area contributed by atoms with Crippen molar-refractivity contribution >= 4 is 5.69 Å². The van der Waals surface area contributed by atoms with Crippen LogP contribution >= 0.6 is 0 Å². The minimum Gasteiger partial charge on any atom is -0.382 e. The predicted molar refractivity (Wildman–Crippen MR) is 75.6 cm³/mol. The highest BCUT2D eigenvalue weighted by Crippen LogP contribution is 2.20. The Balaban J connectivity index is 1.63. The third-order valence-electron chi connectivity index (χ3n) is 3.47. The van der Waals surface area contributed by atoms with Crippen molar-refractivity contribution in [2.75, 3.05) is 11.9 Å². The van der Waals surface area contributed by atoms with Crippen molar-refractivity contribution < 1.29 is 4.74 Å². The van der Waals surface area contributed by atoms with Gasteiger partial charge in [-0.2, -0.15) is 5.10 Å². The van der Waals surface area contributed by atoms with Crippen LogP contribution in [0.25, 0.3) is 5.69 Å². The van der Waals surface area contributed by atoms with Crippen LogP contribution in [0.3, 0.4) is 0 Å². The van der Waals surface area contributed by atoms with Crippen molar-refractivity contribution in [1.82, 2.24) is 9.78 Å². The largest absolute Gasteiger partial charge is 0.382 e. The molecule has 0 amide bonds. The Morgan fingerprint density at radius 1 is 1.37 bits per heavy atom. The van der Waals surface area contributed by atoms with Crippen molar-refractivity contribution in [2.45, 2.75) is 32.0 Å². The zero-order valence-electron chi connectivity index (χ0n) is 11.1. The fourth-order valence-corrected chi connectivity index (χ4v) is 2.45. The molecule has 1 aliphatic heterocycles. The first-order valence-corrected chi connectivity index (χ1v) is 6.81. The van der Waals surface area contributed by atoms with E-state index < -0.39 is 0 Å². The van der Waals surface area contributed by atoms with E-state index in [2.05, 4.69) is 29.5 Å². The predicted octanol–water partition coefficient (Wildman–Crippen LogP) is 2.85. The fourth-order valence-electron chi connectivity index (χ4n) is 2.45. The Bertz CT molecular complexity index is 524. The van der Waals surface area contributed by atoms with Gasteiger partial charge in [0.15, 0.2) is 0 Å². The summed E-state index contributed by atoms with van der Waals surface area (Å²) in [5.41, 5.74) is 2.17. The summed E-state index contributed by atoms with van der Waals surface area (Å²) in [5, 5.41) is 7.68. The summed E-state index contributed by atoms with van der Waals surface area (Å²) >= 11 is 0. The summed E-state index contributed by atoms with van der Waals surface area (Å²) in [6.07, 6.45) is 6.78. The molecule has 2 unspecified atom stereocenters. The molecular weight excluding hydrogens is 238 g/mol. The maximum absolute atomic E-state index is 5.81. The van der Waals surface area contributed by atoms with Crippen molar-refractivity contribution in [3.8, 4) is 5.69 Å². The monoisotopic (exact) mass is 257 g/mol. The molecule has 0 aliphatic carbocycles. The third-order valence-corrected chi connectivity index (χ3v) is 3.47. The van der Waals surface area contributed by atoms with E-state index in [-0.39, 0.29) is 0 Å². The van der Waals surface area contributed by atoms with Crippen molar-refractivity contribution in [3.05, 3.63) is 42.7 Å². The molecule has 0 bridgehead atoms. The maximum atomic E-state index is 5.81. The molecule has 2 atom stereocenters. The highest BCUT2D eigenvalue weighted by molar-refractivity contribution is 5.50. The lowest BCUT2D eigenvalue weighted by molar-refractivity contribution is 0.0637. The molecule has 2 heterocycles. The van der Waals surface area contributed by atoms with Crippen molar-refractivity contribution in [2.24, 2.45) is 0 Å². The molecule has 1 aromatic carbocycles. The number of rotatable bonds is 4. The van der Waals surface area contributed by atoms with Gasteiger partial charge in [-0.15, -0.1) is 0 Å². The highest BCUT2D eigenvalue weighted by Gasteiger charge is 2.21. The van der Waals surface area contributed by atoms with Crippen LogP contribution < -0.4 is 5.32 Å². The van der Waals surface area contributed by atoms with Crippen LogP contribution in [-0.4, -0.2) is 28.5 Å². The van der Waals surface area contributed by atoms with Gasteiger partial charge in [0.2, 0.25) is 0 Å². The second-order valence-corrected chi connectivity index (χ2v) is 5.03. The lowest BCUT2D eigenvalue weighted by Gasteiger charge is -2.14. The minimum absolute atomic E-state index is 0.336. The quantitative estimate of drug-likeness (QED) is 0.915. The molecule has 1 fully saturated rings. The molecule has 0 spiro atoms. The second kappa shape index (κ2) is 5.45. The molecule has 3 rings (SSSR count). The molecule has 0 saturated carbocycles. The molecule has 4 nitrogen and oxygen atoms in total. The van der Waals surface area contributed by atoms with Crippen molar-refractivity contribution in [1.29, 1.82) is 0 Å². The third kappa shape index (κ3) is 2.96. The number of aromatic nitrogens is 2. The SMILES string of the molecule is CC1CCC(CNc2cccc(-n3cccn3)c2)O1. The van der Waals surface area contributed by atoms with Gasteiger partial charge in [0.1, 0.15) is 0 Å². The zero-order valence-corrected chi connectivity index (χ0v) is 11.1. The Kier molecular flexibility index (Phi) is 3.51. The van der Waals surface area contributed by atoms with E-state index in [1.807, 2.05) is 29.1 Å². The van der Waals surface area contributed by atoms with E-state index in [1.54, 1.807) is 6.20 Å². The number of benzene rings is 1. The molecule has 1 aliphatic rings. The van der Waals surface area contributed by atoms with Gasteiger partial charge in [-0.1, -0.05) is 6.07 Å². The molecule has 1 N–H and O–H groups in total. The molecule has 2 aromatic rings. The second-order valence-electron chi connectivity index (χ2n) is 5.03. The van der Waals surface area contributed by atoms with E-state index in [4.69, 9.17) is 4.74 Å². The first kappa shape index (κ1) is 12.2. The minimum atomic E-state index is 0.336. The van der Waals surface area contributed by atoms with Gasteiger partial charge in [0, 0.05) is 24.6 Å². The van der Waals surface area contributed by atoms with Gasteiger partial charge >= 0.3 is 0 Å². The smallest absolute Gasteiger partial charge is 0.0751 e. The normalized spacial score (nSPS) is 22.6. The molecule has 19 heavy (non-hydrogen) atoms. The summed E-state index contributed by atoms with van der Waals surface area (Å²) in [6, 6.07) is 10.2. The number of nitrogens with zero attached hydrogens (tertiary/aromatic N) is 2. The lowest BCUT2D eigenvalue weighted by Crippen LogP contribution is -2.19. The Morgan fingerprint density at radius 3 is 3.05 bits per heavy atom. The van der Waals surface area contributed by atoms with Gasteiger partial charge in [-0.05, 0) is 44.0 Å². The molecular formula is C15H19N3O.